The van der Waals surface area contributed by atoms with Gasteiger partial charge in [0.1, 0.15) is 5.82 Å². The SMILES string of the molecule is CCCCCCN(C(=O)C1CC1)C(CC)c1nc2ccccc2c(=O)n1C. The molecular weight excluding hydrogens is 338 g/mol. The lowest BCUT2D eigenvalue weighted by Crippen LogP contribution is -2.39. The second-order valence-corrected chi connectivity index (χ2v) is 7.64. The van der Waals surface area contributed by atoms with Crippen molar-refractivity contribution in [3.63, 3.8) is 0 Å². The summed E-state index contributed by atoms with van der Waals surface area (Å²) in [6.45, 7) is 5.01. The Bertz CT molecular complexity index is 854. The minimum Gasteiger partial charge on any atom is -0.332 e. The van der Waals surface area contributed by atoms with Crippen LogP contribution < -0.4 is 5.56 Å². The van der Waals surface area contributed by atoms with Crippen LogP contribution in [-0.2, 0) is 11.8 Å². The van der Waals surface area contributed by atoms with Crippen molar-refractivity contribution in [2.75, 3.05) is 6.54 Å². The zero-order chi connectivity index (χ0) is 19.4. The topological polar surface area (TPSA) is 55.2 Å². The van der Waals surface area contributed by atoms with Crippen LogP contribution in [-0.4, -0.2) is 26.9 Å². The summed E-state index contributed by atoms with van der Waals surface area (Å²) >= 11 is 0. The van der Waals surface area contributed by atoms with Crippen molar-refractivity contribution in [2.24, 2.45) is 13.0 Å². The summed E-state index contributed by atoms with van der Waals surface area (Å²) in [5.41, 5.74) is 0.665. The summed E-state index contributed by atoms with van der Waals surface area (Å²) in [5.74, 6) is 1.11. The van der Waals surface area contributed by atoms with Gasteiger partial charge in [0.2, 0.25) is 5.91 Å². The first kappa shape index (κ1) is 19.6. The quantitative estimate of drug-likeness (QED) is 0.622. The highest BCUT2D eigenvalue weighted by Gasteiger charge is 2.37. The Labute approximate surface area is 161 Å². The second kappa shape index (κ2) is 8.68. The van der Waals surface area contributed by atoms with Crippen LogP contribution >= 0.6 is 0 Å². The molecule has 1 aliphatic rings. The minimum atomic E-state index is -0.151. The van der Waals surface area contributed by atoms with Crippen molar-refractivity contribution in [3.8, 4) is 0 Å². The summed E-state index contributed by atoms with van der Waals surface area (Å²) in [6.07, 6.45) is 7.24. The Morgan fingerprint density at radius 2 is 1.96 bits per heavy atom. The number of nitrogens with zero attached hydrogens (tertiary/aromatic N) is 3. The summed E-state index contributed by atoms with van der Waals surface area (Å²) in [6, 6.07) is 7.30. The Hall–Kier alpha value is -2.17. The van der Waals surface area contributed by atoms with Crippen molar-refractivity contribution in [1.29, 1.82) is 0 Å². The van der Waals surface area contributed by atoms with Crippen LogP contribution in [0, 0.1) is 5.92 Å². The lowest BCUT2D eigenvalue weighted by Gasteiger charge is -2.32. The van der Waals surface area contributed by atoms with Gasteiger partial charge in [0.25, 0.3) is 5.56 Å². The molecule has 1 aromatic carbocycles. The van der Waals surface area contributed by atoms with E-state index in [-0.39, 0.29) is 23.4 Å². The smallest absolute Gasteiger partial charge is 0.261 e. The van der Waals surface area contributed by atoms with Gasteiger partial charge in [0, 0.05) is 19.5 Å². The number of amides is 1. The highest BCUT2D eigenvalue weighted by molar-refractivity contribution is 5.81. The molecule has 27 heavy (non-hydrogen) atoms. The monoisotopic (exact) mass is 369 g/mol. The van der Waals surface area contributed by atoms with Gasteiger partial charge in [-0.05, 0) is 37.8 Å². The van der Waals surface area contributed by atoms with Gasteiger partial charge in [-0.1, -0.05) is 45.2 Å². The van der Waals surface area contributed by atoms with E-state index in [1.165, 1.54) is 12.8 Å². The highest BCUT2D eigenvalue weighted by atomic mass is 16.2. The van der Waals surface area contributed by atoms with Crippen LogP contribution in [0.2, 0.25) is 0 Å². The number of hydrogen-bond donors (Lipinski definition) is 0. The molecule has 1 heterocycles. The molecule has 146 valence electrons. The first-order valence-electron chi connectivity index (χ1n) is 10.3. The van der Waals surface area contributed by atoms with Crippen LogP contribution in [0.4, 0.5) is 0 Å². The van der Waals surface area contributed by atoms with Crippen molar-refractivity contribution in [1.82, 2.24) is 14.5 Å². The number of hydrogen-bond acceptors (Lipinski definition) is 3. The molecule has 1 aliphatic carbocycles. The van der Waals surface area contributed by atoms with Crippen molar-refractivity contribution >= 4 is 16.8 Å². The van der Waals surface area contributed by atoms with E-state index in [9.17, 15) is 9.59 Å². The largest absolute Gasteiger partial charge is 0.332 e. The fourth-order valence-corrected chi connectivity index (χ4v) is 3.77. The van der Waals surface area contributed by atoms with Crippen LogP contribution in [0.5, 0.6) is 0 Å². The number of aromatic nitrogens is 2. The standard InChI is InChI=1S/C22H31N3O2/c1-4-6-7-10-15-25(21(26)16-13-14-16)19(5-2)20-23-18-12-9-8-11-17(18)22(27)24(20)3/h8-9,11-12,16,19H,4-7,10,13-15H2,1-3H3. The molecule has 0 saturated heterocycles. The molecule has 0 N–H and O–H groups in total. The third kappa shape index (κ3) is 4.23. The summed E-state index contributed by atoms with van der Waals surface area (Å²) < 4.78 is 1.63. The van der Waals surface area contributed by atoms with E-state index in [2.05, 4.69) is 13.8 Å². The van der Waals surface area contributed by atoms with Crippen LogP contribution in [0.25, 0.3) is 10.9 Å². The van der Waals surface area contributed by atoms with Crippen molar-refractivity contribution in [2.45, 2.75) is 64.8 Å². The highest BCUT2D eigenvalue weighted by Crippen LogP contribution is 2.35. The maximum atomic E-state index is 13.0. The average molecular weight is 370 g/mol. The molecule has 2 aromatic rings. The molecule has 5 heteroatoms. The van der Waals surface area contributed by atoms with Gasteiger partial charge in [-0.3, -0.25) is 14.2 Å². The molecule has 0 bridgehead atoms. The molecule has 3 rings (SSSR count). The Morgan fingerprint density at radius 3 is 2.63 bits per heavy atom. The molecule has 1 amide bonds. The predicted molar refractivity (Wildman–Crippen MR) is 109 cm³/mol. The fraction of sp³-hybridized carbons (Fsp3) is 0.591. The molecule has 0 aliphatic heterocycles. The molecular formula is C22H31N3O2. The van der Waals surface area contributed by atoms with E-state index in [1.54, 1.807) is 11.6 Å². The number of carbonyl (C=O) groups excluding carboxylic acids is 1. The van der Waals surface area contributed by atoms with Gasteiger partial charge in [-0.2, -0.15) is 0 Å². The Balaban J connectivity index is 1.96. The zero-order valence-corrected chi connectivity index (χ0v) is 16.8. The van der Waals surface area contributed by atoms with Crippen LogP contribution in [0.15, 0.2) is 29.1 Å². The molecule has 1 unspecified atom stereocenters. The second-order valence-electron chi connectivity index (χ2n) is 7.64. The summed E-state index contributed by atoms with van der Waals surface area (Å²) in [7, 11) is 1.77. The van der Waals surface area contributed by atoms with E-state index in [0.717, 1.165) is 38.6 Å². The number of para-hydroxylation sites is 1. The van der Waals surface area contributed by atoms with Gasteiger partial charge in [-0.25, -0.2) is 4.98 Å². The van der Waals surface area contributed by atoms with Crippen LogP contribution in [0.3, 0.4) is 0 Å². The maximum Gasteiger partial charge on any atom is 0.261 e. The van der Waals surface area contributed by atoms with E-state index in [4.69, 9.17) is 4.98 Å². The van der Waals surface area contributed by atoms with Gasteiger partial charge in [0.05, 0.1) is 16.9 Å². The van der Waals surface area contributed by atoms with Gasteiger partial charge in [-0.15, -0.1) is 0 Å². The fourth-order valence-electron chi connectivity index (χ4n) is 3.77. The molecule has 1 fully saturated rings. The number of rotatable bonds is 9. The molecule has 1 atom stereocenters. The normalized spacial score (nSPS) is 15.1. The third-order valence-electron chi connectivity index (χ3n) is 5.54. The first-order chi connectivity index (χ1) is 13.1. The molecule has 0 radical (unpaired) electrons. The lowest BCUT2D eigenvalue weighted by atomic mass is 10.1. The molecule has 1 saturated carbocycles. The Morgan fingerprint density at radius 1 is 1.22 bits per heavy atom. The minimum absolute atomic E-state index is 0.0427. The molecule has 1 aromatic heterocycles. The average Bonchev–Trinajstić information content (AvgIpc) is 3.52. The summed E-state index contributed by atoms with van der Waals surface area (Å²) in [4.78, 5) is 32.6. The van der Waals surface area contributed by atoms with E-state index in [0.29, 0.717) is 16.7 Å². The number of fused-ring (bicyclic) bond motifs is 1. The third-order valence-corrected chi connectivity index (χ3v) is 5.54. The summed E-state index contributed by atoms with van der Waals surface area (Å²) in [5, 5.41) is 0.626. The van der Waals surface area contributed by atoms with Crippen molar-refractivity contribution < 1.29 is 4.79 Å². The number of benzene rings is 1. The molecule has 5 nitrogen and oxygen atoms in total. The lowest BCUT2D eigenvalue weighted by molar-refractivity contribution is -0.135. The molecule has 0 spiro atoms. The van der Waals surface area contributed by atoms with Gasteiger partial charge in [0.15, 0.2) is 0 Å². The van der Waals surface area contributed by atoms with E-state index >= 15 is 0 Å². The van der Waals surface area contributed by atoms with Crippen LogP contribution in [0.1, 0.15) is 70.7 Å². The Kier molecular flexibility index (Phi) is 6.30. The number of unbranched alkanes of at least 4 members (excludes halogenated alkanes) is 3. The maximum absolute atomic E-state index is 13.0. The zero-order valence-electron chi connectivity index (χ0n) is 16.8. The predicted octanol–water partition coefficient (Wildman–Crippen LogP) is 4.20. The van der Waals surface area contributed by atoms with Gasteiger partial charge >= 0.3 is 0 Å². The van der Waals surface area contributed by atoms with E-state index < -0.39 is 0 Å². The first-order valence-corrected chi connectivity index (χ1v) is 10.3. The van der Waals surface area contributed by atoms with Gasteiger partial charge < -0.3 is 4.90 Å². The van der Waals surface area contributed by atoms with E-state index in [1.807, 2.05) is 29.2 Å². The number of carbonyl (C=O) groups is 1. The van der Waals surface area contributed by atoms with Crippen molar-refractivity contribution in [3.05, 3.63) is 40.4 Å².